The molecule has 0 aliphatic heterocycles. The Bertz CT molecular complexity index is 792. The van der Waals surface area contributed by atoms with Crippen LogP contribution in [-0.4, -0.2) is 14.5 Å². The van der Waals surface area contributed by atoms with Gasteiger partial charge in [0.15, 0.2) is 11.6 Å². The van der Waals surface area contributed by atoms with E-state index >= 15 is 0 Å². The molecule has 1 N–H and O–H groups in total. The van der Waals surface area contributed by atoms with E-state index in [9.17, 15) is 17.2 Å². The highest BCUT2D eigenvalue weighted by atomic mass is 32.2. The molecule has 4 nitrogen and oxygen atoms in total. The second kappa shape index (κ2) is 7.06. The Kier molecular flexibility index (Phi) is 5.33. The summed E-state index contributed by atoms with van der Waals surface area (Å²) >= 11 is 0. The third-order valence-corrected chi connectivity index (χ3v) is 4.39. The summed E-state index contributed by atoms with van der Waals surface area (Å²) in [6.45, 7) is 3.25. The maximum absolute atomic E-state index is 13.9. The smallest absolute Gasteiger partial charge is 0.240 e. The summed E-state index contributed by atoms with van der Waals surface area (Å²) in [5, 5.41) is 0. The zero-order valence-corrected chi connectivity index (χ0v) is 13.5. The number of halogens is 2. The molecule has 0 spiro atoms. The summed E-state index contributed by atoms with van der Waals surface area (Å²) in [5.74, 6) is -1.30. The summed E-state index contributed by atoms with van der Waals surface area (Å²) in [6, 6.07) is 9.19. The van der Waals surface area contributed by atoms with Crippen LogP contribution in [-0.2, 0) is 16.6 Å². The van der Waals surface area contributed by atoms with Crippen molar-refractivity contribution in [3.63, 3.8) is 0 Å². The molecule has 0 atom stereocenters. The van der Waals surface area contributed by atoms with E-state index in [2.05, 4.69) is 4.72 Å². The van der Waals surface area contributed by atoms with Gasteiger partial charge in [-0.05, 0) is 38.1 Å². The molecule has 0 aromatic heterocycles. The molecule has 0 aliphatic rings. The second-order valence-corrected chi connectivity index (χ2v) is 6.94. The van der Waals surface area contributed by atoms with Gasteiger partial charge in [0.25, 0.3) is 0 Å². The molecule has 0 amide bonds. The van der Waals surface area contributed by atoms with Gasteiger partial charge in [0.1, 0.15) is 5.82 Å². The van der Waals surface area contributed by atoms with E-state index in [0.717, 1.165) is 6.07 Å². The molecular formula is C16H17F2NO3S. The summed E-state index contributed by atoms with van der Waals surface area (Å²) in [7, 11) is -3.96. The Morgan fingerprint density at radius 2 is 1.78 bits per heavy atom. The number of ether oxygens (including phenoxy) is 1. The van der Waals surface area contributed by atoms with Crippen LogP contribution < -0.4 is 9.46 Å². The van der Waals surface area contributed by atoms with E-state index in [0.29, 0.717) is 0 Å². The minimum atomic E-state index is -3.96. The van der Waals surface area contributed by atoms with E-state index < -0.39 is 21.7 Å². The topological polar surface area (TPSA) is 55.4 Å². The average Bonchev–Trinajstić information content (AvgIpc) is 2.48. The molecule has 2 aromatic rings. The molecule has 0 bridgehead atoms. The van der Waals surface area contributed by atoms with Crippen LogP contribution in [0.2, 0.25) is 0 Å². The highest BCUT2D eigenvalue weighted by Crippen LogP contribution is 2.22. The van der Waals surface area contributed by atoms with Gasteiger partial charge in [-0.15, -0.1) is 0 Å². The Hall–Kier alpha value is -1.99. The monoisotopic (exact) mass is 341 g/mol. The van der Waals surface area contributed by atoms with Crippen LogP contribution in [0.4, 0.5) is 8.78 Å². The largest absolute Gasteiger partial charge is 0.488 e. The predicted octanol–water partition coefficient (Wildman–Crippen LogP) is 3.23. The second-order valence-electron chi connectivity index (χ2n) is 5.17. The number of hydrogen-bond acceptors (Lipinski definition) is 3. The summed E-state index contributed by atoms with van der Waals surface area (Å²) in [5.41, 5.74) is 0.205. The van der Waals surface area contributed by atoms with E-state index in [1.54, 1.807) is 19.9 Å². The molecule has 0 aliphatic carbocycles. The van der Waals surface area contributed by atoms with Crippen molar-refractivity contribution >= 4 is 10.0 Å². The maximum atomic E-state index is 13.9. The van der Waals surface area contributed by atoms with Gasteiger partial charge in [0.05, 0.1) is 11.0 Å². The molecule has 2 rings (SSSR count). The standard InChI is InChI=1S/C16H17F2NO3S/c1-11(2)22-16-8-7-13(9-15(16)18)23(20,21)19-10-12-5-3-4-6-14(12)17/h3-9,11,19H,10H2,1-2H3. The average molecular weight is 341 g/mol. The first-order valence-corrected chi connectivity index (χ1v) is 8.47. The summed E-state index contributed by atoms with van der Waals surface area (Å²) in [4.78, 5) is -0.248. The molecular weight excluding hydrogens is 324 g/mol. The van der Waals surface area contributed by atoms with Crippen molar-refractivity contribution in [2.75, 3.05) is 0 Å². The number of sulfonamides is 1. The highest BCUT2D eigenvalue weighted by Gasteiger charge is 2.17. The van der Waals surface area contributed by atoms with E-state index in [4.69, 9.17) is 4.74 Å². The molecule has 0 unspecified atom stereocenters. The van der Waals surface area contributed by atoms with Gasteiger partial charge in [0.2, 0.25) is 10.0 Å². The van der Waals surface area contributed by atoms with Gasteiger partial charge < -0.3 is 4.74 Å². The normalized spacial score (nSPS) is 11.7. The fourth-order valence-corrected chi connectivity index (χ4v) is 2.91. The lowest BCUT2D eigenvalue weighted by Crippen LogP contribution is -2.24. The van der Waals surface area contributed by atoms with Crippen molar-refractivity contribution in [1.82, 2.24) is 4.72 Å². The number of nitrogens with one attached hydrogen (secondary N) is 1. The minimum absolute atomic E-state index is 0.0203. The van der Waals surface area contributed by atoms with Crippen LogP contribution in [0.1, 0.15) is 19.4 Å². The first kappa shape index (κ1) is 17.4. The Balaban J connectivity index is 2.16. The van der Waals surface area contributed by atoms with Crippen molar-refractivity contribution in [1.29, 1.82) is 0 Å². The van der Waals surface area contributed by atoms with Crippen LogP contribution >= 0.6 is 0 Å². The van der Waals surface area contributed by atoms with Crippen LogP contribution in [0.3, 0.4) is 0 Å². The molecule has 0 saturated carbocycles. The van der Waals surface area contributed by atoms with E-state index in [-0.39, 0.29) is 28.9 Å². The van der Waals surface area contributed by atoms with Crippen molar-refractivity contribution in [2.45, 2.75) is 31.4 Å². The third kappa shape index (κ3) is 4.49. The van der Waals surface area contributed by atoms with Gasteiger partial charge in [-0.2, -0.15) is 0 Å². The zero-order chi connectivity index (χ0) is 17.0. The van der Waals surface area contributed by atoms with Crippen LogP contribution in [0.5, 0.6) is 5.75 Å². The van der Waals surface area contributed by atoms with E-state index in [1.165, 1.54) is 30.3 Å². The van der Waals surface area contributed by atoms with Crippen molar-refractivity contribution in [2.24, 2.45) is 0 Å². The molecule has 23 heavy (non-hydrogen) atoms. The van der Waals surface area contributed by atoms with E-state index in [1.807, 2.05) is 0 Å². The molecule has 0 heterocycles. The molecule has 0 fully saturated rings. The molecule has 2 aromatic carbocycles. The number of benzene rings is 2. The third-order valence-electron chi connectivity index (χ3n) is 2.99. The summed E-state index contributed by atoms with van der Waals surface area (Å²) < 4.78 is 59.2. The van der Waals surface area contributed by atoms with Gasteiger partial charge >= 0.3 is 0 Å². The van der Waals surface area contributed by atoms with Crippen LogP contribution in [0.25, 0.3) is 0 Å². The Morgan fingerprint density at radius 3 is 2.39 bits per heavy atom. The number of rotatable bonds is 6. The molecule has 124 valence electrons. The lowest BCUT2D eigenvalue weighted by molar-refractivity contribution is 0.231. The van der Waals surface area contributed by atoms with Crippen LogP contribution in [0, 0.1) is 11.6 Å². The first-order chi connectivity index (χ1) is 10.8. The fraction of sp³-hybridized carbons (Fsp3) is 0.250. The quantitative estimate of drug-likeness (QED) is 0.878. The predicted molar refractivity (Wildman–Crippen MR) is 82.6 cm³/mol. The summed E-state index contributed by atoms with van der Waals surface area (Å²) in [6.07, 6.45) is -0.230. The molecule has 0 radical (unpaired) electrons. The van der Waals surface area contributed by atoms with Crippen molar-refractivity contribution in [3.8, 4) is 5.75 Å². The highest BCUT2D eigenvalue weighted by molar-refractivity contribution is 7.89. The molecule has 7 heteroatoms. The van der Waals surface area contributed by atoms with Gasteiger partial charge in [0, 0.05) is 12.1 Å². The lowest BCUT2D eigenvalue weighted by Gasteiger charge is -2.12. The zero-order valence-electron chi connectivity index (χ0n) is 12.7. The van der Waals surface area contributed by atoms with Gasteiger partial charge in [-0.1, -0.05) is 18.2 Å². The van der Waals surface area contributed by atoms with Gasteiger partial charge in [-0.25, -0.2) is 21.9 Å². The Morgan fingerprint density at radius 1 is 1.09 bits per heavy atom. The van der Waals surface area contributed by atoms with Gasteiger partial charge in [-0.3, -0.25) is 0 Å². The van der Waals surface area contributed by atoms with Crippen molar-refractivity contribution in [3.05, 3.63) is 59.7 Å². The fourth-order valence-electron chi connectivity index (χ4n) is 1.90. The van der Waals surface area contributed by atoms with Crippen molar-refractivity contribution < 1.29 is 21.9 Å². The van der Waals surface area contributed by atoms with Crippen LogP contribution in [0.15, 0.2) is 47.4 Å². The molecule has 0 saturated heterocycles. The first-order valence-electron chi connectivity index (χ1n) is 6.99. The lowest BCUT2D eigenvalue weighted by atomic mass is 10.2. The Labute approximate surface area is 134 Å². The minimum Gasteiger partial charge on any atom is -0.488 e. The SMILES string of the molecule is CC(C)Oc1ccc(S(=O)(=O)NCc2ccccc2F)cc1F. The maximum Gasteiger partial charge on any atom is 0.240 e. The number of hydrogen-bond donors (Lipinski definition) is 1.